The van der Waals surface area contributed by atoms with Crippen LogP contribution in [0.25, 0.3) is 11.0 Å². The second kappa shape index (κ2) is 5.24. The zero-order valence-corrected chi connectivity index (χ0v) is 12.7. The Morgan fingerprint density at radius 3 is 2.78 bits per heavy atom. The van der Waals surface area contributed by atoms with Gasteiger partial charge in [0.1, 0.15) is 6.73 Å². The van der Waals surface area contributed by atoms with Crippen LogP contribution in [-0.2, 0) is 11.5 Å². The Morgan fingerprint density at radius 2 is 2.06 bits per heavy atom. The maximum Gasteiger partial charge on any atom is 0.124 e. The number of fused-ring (bicyclic) bond motifs is 1. The SMILES string of the molecule is Cc1ccc2c(c1)ncn2COCC[Si](C)(C)C. The molecule has 0 fully saturated rings. The van der Waals surface area contributed by atoms with Crippen molar-refractivity contribution in [1.29, 1.82) is 0 Å². The Labute approximate surface area is 110 Å². The number of hydrogen-bond donors (Lipinski definition) is 0. The minimum atomic E-state index is -0.990. The van der Waals surface area contributed by atoms with E-state index in [4.69, 9.17) is 4.74 Å². The Kier molecular flexibility index (Phi) is 3.87. The molecule has 98 valence electrons. The largest absolute Gasteiger partial charge is 0.361 e. The third-order valence-corrected chi connectivity index (χ3v) is 4.71. The summed E-state index contributed by atoms with van der Waals surface area (Å²) in [5.41, 5.74) is 3.44. The molecule has 0 N–H and O–H groups in total. The second-order valence-corrected chi connectivity index (χ2v) is 11.7. The summed E-state index contributed by atoms with van der Waals surface area (Å²) in [6.45, 7) is 10.6. The molecule has 1 aromatic carbocycles. The van der Waals surface area contributed by atoms with E-state index >= 15 is 0 Å². The summed E-state index contributed by atoms with van der Waals surface area (Å²) in [6, 6.07) is 7.54. The van der Waals surface area contributed by atoms with E-state index in [1.54, 1.807) is 0 Å². The van der Waals surface area contributed by atoms with Crippen LogP contribution in [0.3, 0.4) is 0 Å². The Morgan fingerprint density at radius 1 is 1.28 bits per heavy atom. The minimum absolute atomic E-state index is 0.601. The van der Waals surface area contributed by atoms with E-state index in [1.807, 2.05) is 6.33 Å². The molecule has 0 saturated heterocycles. The first-order valence-corrected chi connectivity index (χ1v) is 10.2. The molecular weight excluding hydrogens is 240 g/mol. The van der Waals surface area contributed by atoms with Crippen molar-refractivity contribution in [2.75, 3.05) is 6.61 Å². The van der Waals surface area contributed by atoms with Gasteiger partial charge in [-0.3, -0.25) is 0 Å². The van der Waals surface area contributed by atoms with Crippen molar-refractivity contribution < 1.29 is 4.74 Å². The maximum atomic E-state index is 5.75. The number of imidazole rings is 1. The van der Waals surface area contributed by atoms with E-state index in [0.717, 1.165) is 17.6 Å². The van der Waals surface area contributed by atoms with Gasteiger partial charge in [0, 0.05) is 14.7 Å². The van der Waals surface area contributed by atoms with E-state index in [1.165, 1.54) is 11.6 Å². The highest BCUT2D eigenvalue weighted by atomic mass is 28.3. The molecule has 18 heavy (non-hydrogen) atoms. The molecule has 1 heterocycles. The summed E-state index contributed by atoms with van der Waals surface area (Å²) in [6.07, 6.45) is 1.86. The molecule has 2 rings (SSSR count). The van der Waals surface area contributed by atoms with Crippen molar-refractivity contribution in [3.63, 3.8) is 0 Å². The molecular formula is C14H22N2OSi. The predicted molar refractivity (Wildman–Crippen MR) is 78.6 cm³/mol. The summed E-state index contributed by atoms with van der Waals surface area (Å²) >= 11 is 0. The Bertz CT molecular complexity index is 528. The molecule has 0 aliphatic heterocycles. The molecule has 0 unspecified atom stereocenters. The molecule has 0 spiro atoms. The van der Waals surface area contributed by atoms with Crippen LogP contribution in [-0.4, -0.2) is 24.2 Å². The third-order valence-electron chi connectivity index (χ3n) is 3.00. The van der Waals surface area contributed by atoms with E-state index < -0.39 is 8.07 Å². The van der Waals surface area contributed by atoms with E-state index in [9.17, 15) is 0 Å². The summed E-state index contributed by atoms with van der Waals surface area (Å²) in [5.74, 6) is 0. The van der Waals surface area contributed by atoms with Gasteiger partial charge < -0.3 is 9.30 Å². The van der Waals surface area contributed by atoms with E-state index in [0.29, 0.717) is 6.73 Å². The van der Waals surface area contributed by atoms with Crippen molar-refractivity contribution in [2.45, 2.75) is 39.3 Å². The fourth-order valence-electron chi connectivity index (χ4n) is 1.82. The van der Waals surface area contributed by atoms with Crippen LogP contribution >= 0.6 is 0 Å². The number of rotatable bonds is 5. The van der Waals surface area contributed by atoms with Gasteiger partial charge in [-0.25, -0.2) is 4.98 Å². The third kappa shape index (κ3) is 3.43. The minimum Gasteiger partial charge on any atom is -0.361 e. The first-order chi connectivity index (χ1) is 8.46. The number of aryl methyl sites for hydroxylation is 1. The molecule has 0 bridgehead atoms. The monoisotopic (exact) mass is 262 g/mol. The fraction of sp³-hybridized carbons (Fsp3) is 0.500. The average molecular weight is 262 g/mol. The molecule has 2 aromatic rings. The number of hydrogen-bond acceptors (Lipinski definition) is 2. The van der Waals surface area contributed by atoms with Gasteiger partial charge in [0.05, 0.1) is 17.4 Å². The predicted octanol–water partition coefficient (Wildman–Crippen LogP) is 3.66. The van der Waals surface area contributed by atoms with Gasteiger partial charge in [0.2, 0.25) is 0 Å². The van der Waals surface area contributed by atoms with Crippen LogP contribution < -0.4 is 0 Å². The lowest BCUT2D eigenvalue weighted by Gasteiger charge is -2.15. The van der Waals surface area contributed by atoms with Crippen LogP contribution in [0.1, 0.15) is 5.56 Å². The van der Waals surface area contributed by atoms with Crippen molar-refractivity contribution in [3.05, 3.63) is 30.1 Å². The van der Waals surface area contributed by atoms with Crippen LogP contribution in [0, 0.1) is 6.92 Å². The molecule has 0 amide bonds. The Hall–Kier alpha value is -1.13. The first-order valence-electron chi connectivity index (χ1n) is 6.45. The van der Waals surface area contributed by atoms with Crippen LogP contribution in [0.5, 0.6) is 0 Å². The van der Waals surface area contributed by atoms with Crippen LogP contribution in [0.4, 0.5) is 0 Å². The lowest BCUT2D eigenvalue weighted by Crippen LogP contribution is -2.21. The average Bonchev–Trinajstić information content (AvgIpc) is 2.65. The highest BCUT2D eigenvalue weighted by Crippen LogP contribution is 2.15. The standard InChI is InChI=1S/C14H22N2OSi/c1-12-5-6-14-13(9-12)15-10-16(14)11-17-7-8-18(2,3)4/h5-6,9-10H,7-8,11H2,1-4H3. The van der Waals surface area contributed by atoms with Gasteiger partial charge in [0.25, 0.3) is 0 Å². The zero-order chi connectivity index (χ0) is 13.2. The summed E-state index contributed by atoms with van der Waals surface area (Å²) in [4.78, 5) is 4.40. The van der Waals surface area contributed by atoms with E-state index in [2.05, 4.69) is 54.3 Å². The van der Waals surface area contributed by atoms with Crippen molar-refractivity contribution in [2.24, 2.45) is 0 Å². The second-order valence-electron chi connectivity index (χ2n) is 6.05. The smallest absolute Gasteiger partial charge is 0.124 e. The molecule has 0 aliphatic rings. The molecule has 4 heteroatoms. The van der Waals surface area contributed by atoms with Gasteiger partial charge in [-0.2, -0.15) is 0 Å². The van der Waals surface area contributed by atoms with Crippen molar-refractivity contribution in [1.82, 2.24) is 9.55 Å². The highest BCUT2D eigenvalue weighted by molar-refractivity contribution is 6.76. The lowest BCUT2D eigenvalue weighted by atomic mass is 10.2. The molecule has 0 radical (unpaired) electrons. The summed E-state index contributed by atoms with van der Waals surface area (Å²) in [7, 11) is -0.990. The van der Waals surface area contributed by atoms with Crippen LogP contribution in [0.15, 0.2) is 24.5 Å². The highest BCUT2D eigenvalue weighted by Gasteiger charge is 2.12. The quantitative estimate of drug-likeness (QED) is 0.607. The van der Waals surface area contributed by atoms with Crippen molar-refractivity contribution in [3.8, 4) is 0 Å². The lowest BCUT2D eigenvalue weighted by molar-refractivity contribution is 0.0898. The fourth-order valence-corrected chi connectivity index (χ4v) is 2.57. The normalized spacial score (nSPS) is 12.2. The molecule has 3 nitrogen and oxygen atoms in total. The number of aromatic nitrogens is 2. The van der Waals surface area contributed by atoms with Gasteiger partial charge in [0.15, 0.2) is 0 Å². The Balaban J connectivity index is 1.96. The topological polar surface area (TPSA) is 27.1 Å². The summed E-state index contributed by atoms with van der Waals surface area (Å²) < 4.78 is 7.82. The molecule has 0 saturated carbocycles. The van der Waals surface area contributed by atoms with Gasteiger partial charge >= 0.3 is 0 Å². The van der Waals surface area contributed by atoms with Crippen molar-refractivity contribution >= 4 is 19.1 Å². The van der Waals surface area contributed by atoms with Gasteiger partial charge in [-0.1, -0.05) is 25.7 Å². The number of benzene rings is 1. The first kappa shape index (κ1) is 13.3. The number of nitrogens with zero attached hydrogens (tertiary/aromatic N) is 2. The zero-order valence-electron chi connectivity index (χ0n) is 11.7. The van der Waals surface area contributed by atoms with Crippen LogP contribution in [0.2, 0.25) is 25.7 Å². The maximum absolute atomic E-state index is 5.75. The van der Waals surface area contributed by atoms with E-state index in [-0.39, 0.29) is 0 Å². The van der Waals surface area contributed by atoms with Gasteiger partial charge in [-0.15, -0.1) is 0 Å². The molecule has 0 aliphatic carbocycles. The number of ether oxygens (including phenoxy) is 1. The molecule has 0 atom stereocenters. The van der Waals surface area contributed by atoms with Gasteiger partial charge in [-0.05, 0) is 30.7 Å². The summed E-state index contributed by atoms with van der Waals surface area (Å²) in [5, 5.41) is 0. The molecule has 1 aromatic heterocycles.